The Balaban J connectivity index is 2.46. The summed E-state index contributed by atoms with van der Waals surface area (Å²) in [5.41, 5.74) is 7.99. The molecule has 0 unspecified atom stereocenters. The highest BCUT2D eigenvalue weighted by Gasteiger charge is 2.26. The summed E-state index contributed by atoms with van der Waals surface area (Å²) in [5, 5.41) is 12.4. The fraction of sp³-hybridized carbons (Fsp3) is 0.750. The zero-order valence-corrected chi connectivity index (χ0v) is 5.54. The Hall–Kier alpha value is -1.46. The Morgan fingerprint density at radius 2 is 2.64 bits per heavy atom. The first-order chi connectivity index (χ1) is 5.24. The van der Waals surface area contributed by atoms with Crippen molar-refractivity contribution in [2.45, 2.75) is 6.04 Å². The third kappa shape index (κ3) is 1.73. The molecule has 0 saturated carbocycles. The molecule has 60 valence electrons. The van der Waals surface area contributed by atoms with E-state index < -0.39 is 12.1 Å². The smallest absolute Gasteiger partial charge is 0.431 e. The van der Waals surface area contributed by atoms with E-state index in [9.17, 15) is 4.79 Å². The van der Waals surface area contributed by atoms with Crippen LogP contribution in [0.3, 0.4) is 0 Å². The first kappa shape index (κ1) is 7.64. The average molecular weight is 158 g/mol. The van der Waals surface area contributed by atoms with Gasteiger partial charge in [0.1, 0.15) is 0 Å². The Bertz CT molecular complexity index is 203. The van der Waals surface area contributed by atoms with Gasteiger partial charge in [-0.2, -0.15) is 5.06 Å². The standard InChI is InChI=1S/C4H6N4O3/c5-7-6-3-1-8(4(9)10)11-2-3/h3H,1-2H2,(H,9,10)/t3-/m1/s1. The Kier molecular flexibility index (Phi) is 2.15. The maximum Gasteiger partial charge on any atom is 0.431 e. The molecule has 7 heteroatoms. The predicted molar refractivity (Wildman–Crippen MR) is 33.6 cm³/mol. The molecule has 1 fully saturated rings. The van der Waals surface area contributed by atoms with Gasteiger partial charge < -0.3 is 5.11 Å². The lowest BCUT2D eigenvalue weighted by molar-refractivity contribution is -0.0831. The number of hydroxylamine groups is 2. The minimum absolute atomic E-state index is 0.111. The highest BCUT2D eigenvalue weighted by molar-refractivity contribution is 5.63. The molecule has 0 aromatic rings. The molecule has 0 spiro atoms. The lowest BCUT2D eigenvalue weighted by Crippen LogP contribution is -2.25. The summed E-state index contributed by atoms with van der Waals surface area (Å²) in [6.45, 7) is 0.246. The fourth-order valence-corrected chi connectivity index (χ4v) is 0.749. The number of hydrogen-bond donors (Lipinski definition) is 1. The van der Waals surface area contributed by atoms with E-state index in [0.717, 1.165) is 5.06 Å². The van der Waals surface area contributed by atoms with E-state index in [1.54, 1.807) is 0 Å². The third-order valence-corrected chi connectivity index (χ3v) is 1.23. The van der Waals surface area contributed by atoms with Crippen LogP contribution in [0.15, 0.2) is 5.11 Å². The van der Waals surface area contributed by atoms with Crippen molar-refractivity contribution in [2.75, 3.05) is 13.2 Å². The van der Waals surface area contributed by atoms with Gasteiger partial charge in [-0.15, -0.1) is 0 Å². The van der Waals surface area contributed by atoms with E-state index in [1.807, 2.05) is 0 Å². The lowest BCUT2D eigenvalue weighted by atomic mass is 10.3. The molecule has 1 saturated heterocycles. The summed E-state index contributed by atoms with van der Waals surface area (Å²) < 4.78 is 0. The molecule has 1 rings (SSSR count). The van der Waals surface area contributed by atoms with Crippen LogP contribution in [-0.2, 0) is 4.84 Å². The molecule has 0 aromatic heterocycles. The van der Waals surface area contributed by atoms with Gasteiger partial charge in [0.25, 0.3) is 0 Å². The average Bonchev–Trinajstić information content (AvgIpc) is 2.37. The van der Waals surface area contributed by atoms with Gasteiger partial charge >= 0.3 is 6.09 Å². The van der Waals surface area contributed by atoms with Gasteiger partial charge in [-0.1, -0.05) is 5.11 Å². The Morgan fingerprint density at radius 3 is 3.09 bits per heavy atom. The highest BCUT2D eigenvalue weighted by atomic mass is 16.7. The van der Waals surface area contributed by atoms with Crippen LogP contribution in [-0.4, -0.2) is 35.5 Å². The maximum atomic E-state index is 10.2. The Labute approximate surface area is 61.7 Å². The van der Waals surface area contributed by atoms with Crippen molar-refractivity contribution in [3.05, 3.63) is 10.4 Å². The van der Waals surface area contributed by atoms with E-state index in [2.05, 4.69) is 14.9 Å². The van der Waals surface area contributed by atoms with Crippen molar-refractivity contribution in [1.82, 2.24) is 5.06 Å². The normalized spacial score (nSPS) is 22.9. The van der Waals surface area contributed by atoms with Gasteiger partial charge in [-0.3, -0.25) is 4.84 Å². The molecule has 1 aliphatic rings. The summed E-state index contributed by atoms with van der Waals surface area (Å²) in [5.74, 6) is 0. The zero-order chi connectivity index (χ0) is 8.27. The zero-order valence-electron chi connectivity index (χ0n) is 5.54. The third-order valence-electron chi connectivity index (χ3n) is 1.23. The molecular formula is C4H6N4O3. The molecule has 7 nitrogen and oxygen atoms in total. The van der Waals surface area contributed by atoms with Crippen molar-refractivity contribution in [2.24, 2.45) is 5.11 Å². The maximum absolute atomic E-state index is 10.2. The van der Waals surface area contributed by atoms with E-state index in [0.29, 0.717) is 0 Å². The molecule has 0 radical (unpaired) electrons. The van der Waals surface area contributed by atoms with Crippen molar-refractivity contribution in [3.8, 4) is 0 Å². The number of carboxylic acid groups (broad SMARTS) is 1. The molecule has 1 heterocycles. The van der Waals surface area contributed by atoms with Crippen LogP contribution in [0.5, 0.6) is 0 Å². The molecule has 1 amide bonds. The first-order valence-electron chi connectivity index (χ1n) is 2.91. The van der Waals surface area contributed by atoms with Crippen LogP contribution >= 0.6 is 0 Å². The molecule has 0 aliphatic carbocycles. The highest BCUT2D eigenvalue weighted by Crippen LogP contribution is 2.08. The molecule has 11 heavy (non-hydrogen) atoms. The number of nitrogens with zero attached hydrogens (tertiary/aromatic N) is 4. The minimum Gasteiger partial charge on any atom is -0.463 e. The largest absolute Gasteiger partial charge is 0.463 e. The van der Waals surface area contributed by atoms with Gasteiger partial charge in [0.15, 0.2) is 0 Å². The molecule has 1 N–H and O–H groups in total. The summed E-state index contributed by atoms with van der Waals surface area (Å²) in [4.78, 5) is 17.4. The van der Waals surface area contributed by atoms with Gasteiger partial charge in [-0.25, -0.2) is 4.79 Å². The molecular weight excluding hydrogens is 152 g/mol. The summed E-state index contributed by atoms with van der Waals surface area (Å²) >= 11 is 0. The van der Waals surface area contributed by atoms with Gasteiger partial charge in [0.05, 0.1) is 19.2 Å². The van der Waals surface area contributed by atoms with Crippen molar-refractivity contribution in [1.29, 1.82) is 0 Å². The van der Waals surface area contributed by atoms with Gasteiger partial charge in [0, 0.05) is 4.91 Å². The van der Waals surface area contributed by atoms with Crippen molar-refractivity contribution in [3.63, 3.8) is 0 Å². The quantitative estimate of drug-likeness (QED) is 0.343. The fourth-order valence-electron chi connectivity index (χ4n) is 0.749. The molecule has 0 aromatic carbocycles. The second kappa shape index (κ2) is 3.09. The predicted octanol–water partition coefficient (Wildman–Crippen LogP) is 0.591. The Morgan fingerprint density at radius 1 is 1.91 bits per heavy atom. The van der Waals surface area contributed by atoms with E-state index in [1.165, 1.54) is 0 Å². The summed E-state index contributed by atoms with van der Waals surface area (Å²) in [7, 11) is 0. The molecule has 0 bridgehead atoms. The second-order valence-electron chi connectivity index (χ2n) is 2.00. The first-order valence-corrected chi connectivity index (χ1v) is 2.91. The van der Waals surface area contributed by atoms with Gasteiger partial charge in [-0.05, 0) is 5.53 Å². The summed E-state index contributed by atoms with van der Waals surface area (Å²) in [6, 6.07) is -0.393. The minimum atomic E-state index is -1.17. The number of azide groups is 1. The summed E-state index contributed by atoms with van der Waals surface area (Å²) in [6.07, 6.45) is -1.17. The number of rotatable bonds is 1. The molecule has 1 aliphatic heterocycles. The lowest BCUT2D eigenvalue weighted by Gasteiger charge is -2.06. The number of carbonyl (C=O) groups is 1. The van der Waals surface area contributed by atoms with Gasteiger partial charge in [0.2, 0.25) is 0 Å². The van der Waals surface area contributed by atoms with Crippen molar-refractivity contribution >= 4 is 6.09 Å². The molecule has 1 atom stereocenters. The van der Waals surface area contributed by atoms with E-state index in [-0.39, 0.29) is 13.2 Å². The van der Waals surface area contributed by atoms with E-state index >= 15 is 0 Å². The van der Waals surface area contributed by atoms with Crippen LogP contribution < -0.4 is 0 Å². The topological polar surface area (TPSA) is 98.5 Å². The van der Waals surface area contributed by atoms with Crippen LogP contribution in [0.1, 0.15) is 0 Å². The van der Waals surface area contributed by atoms with Crippen LogP contribution in [0.4, 0.5) is 4.79 Å². The van der Waals surface area contributed by atoms with Crippen molar-refractivity contribution < 1.29 is 14.7 Å². The van der Waals surface area contributed by atoms with Crippen LogP contribution in [0.2, 0.25) is 0 Å². The number of amides is 1. The van der Waals surface area contributed by atoms with Crippen LogP contribution in [0.25, 0.3) is 10.4 Å². The van der Waals surface area contributed by atoms with Crippen LogP contribution in [0, 0.1) is 0 Å². The second-order valence-corrected chi connectivity index (χ2v) is 2.00. The monoisotopic (exact) mass is 158 g/mol. The SMILES string of the molecule is [N-]=[N+]=N[C@H]1CON(C(=O)O)C1. The van der Waals surface area contributed by atoms with E-state index in [4.69, 9.17) is 10.6 Å². The number of hydrogen-bond acceptors (Lipinski definition) is 3.